The molecule has 0 radical (unpaired) electrons. The van der Waals surface area contributed by atoms with Gasteiger partial charge in [0.05, 0.1) is 12.2 Å². The number of aryl methyl sites for hydroxylation is 1. The summed E-state index contributed by atoms with van der Waals surface area (Å²) in [6.45, 7) is 2.35. The summed E-state index contributed by atoms with van der Waals surface area (Å²) in [4.78, 5) is 15.8. The van der Waals surface area contributed by atoms with Crippen molar-refractivity contribution in [3.05, 3.63) is 58.3 Å². The smallest absolute Gasteiger partial charge is 0.251 e. The van der Waals surface area contributed by atoms with Gasteiger partial charge in [-0.2, -0.15) is 0 Å². The molecule has 16 heavy (non-hydrogen) atoms. The number of rotatable bonds is 2. The quantitative estimate of drug-likeness (QED) is 0.818. The number of pyridine rings is 2. The minimum atomic E-state index is -0.0239. The maximum atomic E-state index is 11.6. The standard InChI is InChI=1S/C12H13N3O/c1-9-3-2-4-12(16)15(9)8-11-7-10(13)5-6-14-11/h2-7H,8H2,1H3,(H2,13,14). The Bertz CT molecular complexity index is 560. The lowest BCUT2D eigenvalue weighted by molar-refractivity contribution is 0.713. The number of hydrogen-bond acceptors (Lipinski definition) is 3. The highest BCUT2D eigenvalue weighted by atomic mass is 16.1. The van der Waals surface area contributed by atoms with Crippen molar-refractivity contribution in [1.82, 2.24) is 9.55 Å². The molecular formula is C12H13N3O. The molecule has 0 amide bonds. The minimum absolute atomic E-state index is 0.0239. The Morgan fingerprint density at radius 1 is 1.38 bits per heavy atom. The van der Waals surface area contributed by atoms with E-state index in [1.807, 2.05) is 13.0 Å². The molecule has 0 unspecified atom stereocenters. The molecule has 0 fully saturated rings. The number of anilines is 1. The Labute approximate surface area is 93.4 Å². The lowest BCUT2D eigenvalue weighted by atomic mass is 10.3. The van der Waals surface area contributed by atoms with Gasteiger partial charge in [0, 0.05) is 23.6 Å². The Morgan fingerprint density at radius 2 is 2.19 bits per heavy atom. The van der Waals surface area contributed by atoms with Crippen LogP contribution in [0.3, 0.4) is 0 Å². The molecule has 0 aromatic carbocycles. The summed E-state index contributed by atoms with van der Waals surface area (Å²) in [5, 5.41) is 0. The lowest BCUT2D eigenvalue weighted by Crippen LogP contribution is -2.21. The van der Waals surface area contributed by atoms with Crippen molar-refractivity contribution >= 4 is 5.69 Å². The third-order valence-corrected chi connectivity index (χ3v) is 2.43. The van der Waals surface area contributed by atoms with Gasteiger partial charge in [-0.25, -0.2) is 0 Å². The molecule has 0 spiro atoms. The van der Waals surface area contributed by atoms with Crippen LogP contribution in [-0.2, 0) is 6.54 Å². The van der Waals surface area contributed by atoms with E-state index < -0.39 is 0 Å². The number of aromatic nitrogens is 2. The molecule has 0 saturated carbocycles. The van der Waals surface area contributed by atoms with Crippen molar-refractivity contribution in [3.8, 4) is 0 Å². The van der Waals surface area contributed by atoms with Gasteiger partial charge < -0.3 is 10.3 Å². The van der Waals surface area contributed by atoms with Gasteiger partial charge in [0.15, 0.2) is 0 Å². The van der Waals surface area contributed by atoms with Crippen molar-refractivity contribution in [2.24, 2.45) is 0 Å². The zero-order valence-corrected chi connectivity index (χ0v) is 9.05. The van der Waals surface area contributed by atoms with Gasteiger partial charge in [0.1, 0.15) is 0 Å². The molecule has 0 aliphatic rings. The molecule has 2 rings (SSSR count). The van der Waals surface area contributed by atoms with Gasteiger partial charge in [0.25, 0.3) is 5.56 Å². The molecule has 0 bridgehead atoms. The first-order valence-corrected chi connectivity index (χ1v) is 5.03. The molecule has 2 aromatic rings. The van der Waals surface area contributed by atoms with Crippen molar-refractivity contribution in [1.29, 1.82) is 0 Å². The summed E-state index contributed by atoms with van der Waals surface area (Å²) in [5.74, 6) is 0. The van der Waals surface area contributed by atoms with Crippen molar-refractivity contribution in [2.75, 3.05) is 5.73 Å². The molecule has 0 atom stereocenters. The van der Waals surface area contributed by atoms with Crippen LogP contribution in [0.4, 0.5) is 5.69 Å². The molecule has 4 nitrogen and oxygen atoms in total. The van der Waals surface area contributed by atoms with E-state index in [-0.39, 0.29) is 5.56 Å². The van der Waals surface area contributed by atoms with Gasteiger partial charge in [-0.1, -0.05) is 6.07 Å². The summed E-state index contributed by atoms with van der Waals surface area (Å²) < 4.78 is 1.67. The van der Waals surface area contributed by atoms with E-state index in [9.17, 15) is 4.79 Å². The summed E-state index contributed by atoms with van der Waals surface area (Å²) in [6.07, 6.45) is 1.65. The van der Waals surface area contributed by atoms with Gasteiger partial charge in [0.2, 0.25) is 0 Å². The first-order valence-electron chi connectivity index (χ1n) is 5.03. The average molecular weight is 215 g/mol. The molecule has 0 aliphatic heterocycles. The Balaban J connectivity index is 2.38. The van der Waals surface area contributed by atoms with Gasteiger partial charge in [-0.05, 0) is 25.1 Å². The van der Waals surface area contributed by atoms with Crippen LogP contribution in [0.5, 0.6) is 0 Å². The van der Waals surface area contributed by atoms with Gasteiger partial charge >= 0.3 is 0 Å². The van der Waals surface area contributed by atoms with Gasteiger partial charge in [-0.15, -0.1) is 0 Å². The highest BCUT2D eigenvalue weighted by Crippen LogP contribution is 2.05. The van der Waals surface area contributed by atoms with Crippen LogP contribution in [0, 0.1) is 6.92 Å². The second kappa shape index (κ2) is 4.18. The summed E-state index contributed by atoms with van der Waals surface area (Å²) in [7, 11) is 0. The molecule has 2 heterocycles. The lowest BCUT2D eigenvalue weighted by Gasteiger charge is -2.08. The normalized spacial score (nSPS) is 10.3. The highest BCUT2D eigenvalue weighted by molar-refractivity contribution is 5.37. The third kappa shape index (κ3) is 2.11. The van der Waals surface area contributed by atoms with E-state index >= 15 is 0 Å². The van der Waals surface area contributed by atoms with Crippen LogP contribution in [0.2, 0.25) is 0 Å². The summed E-state index contributed by atoms with van der Waals surface area (Å²) in [6, 6.07) is 8.69. The van der Waals surface area contributed by atoms with E-state index in [0.717, 1.165) is 11.4 Å². The predicted molar refractivity (Wildman–Crippen MR) is 63.2 cm³/mol. The van der Waals surface area contributed by atoms with Crippen LogP contribution in [0.25, 0.3) is 0 Å². The summed E-state index contributed by atoms with van der Waals surface area (Å²) >= 11 is 0. The monoisotopic (exact) mass is 215 g/mol. The fraction of sp³-hybridized carbons (Fsp3) is 0.167. The molecule has 82 valence electrons. The Hall–Kier alpha value is -2.10. The second-order valence-corrected chi connectivity index (χ2v) is 3.67. The SMILES string of the molecule is Cc1cccc(=O)n1Cc1cc(N)ccn1. The zero-order valence-electron chi connectivity index (χ0n) is 9.05. The fourth-order valence-electron chi connectivity index (χ4n) is 1.57. The molecule has 4 heteroatoms. The Morgan fingerprint density at radius 3 is 2.88 bits per heavy atom. The number of nitrogens with two attached hydrogens (primary N) is 1. The fourth-order valence-corrected chi connectivity index (χ4v) is 1.57. The van der Waals surface area contributed by atoms with Crippen LogP contribution in [0.15, 0.2) is 41.3 Å². The maximum Gasteiger partial charge on any atom is 0.251 e. The zero-order chi connectivity index (χ0) is 11.5. The topological polar surface area (TPSA) is 60.9 Å². The first-order chi connectivity index (χ1) is 7.66. The summed E-state index contributed by atoms with van der Waals surface area (Å²) in [5.41, 5.74) is 8.00. The van der Waals surface area contributed by atoms with Gasteiger partial charge in [-0.3, -0.25) is 9.78 Å². The number of nitrogens with zero attached hydrogens (tertiary/aromatic N) is 2. The highest BCUT2D eigenvalue weighted by Gasteiger charge is 2.01. The molecule has 0 aliphatic carbocycles. The minimum Gasteiger partial charge on any atom is -0.399 e. The van der Waals surface area contributed by atoms with E-state index in [2.05, 4.69) is 4.98 Å². The first kappa shape index (κ1) is 10.4. The van der Waals surface area contributed by atoms with Crippen LogP contribution in [-0.4, -0.2) is 9.55 Å². The van der Waals surface area contributed by atoms with E-state index in [0.29, 0.717) is 12.2 Å². The third-order valence-electron chi connectivity index (χ3n) is 2.43. The van der Waals surface area contributed by atoms with Crippen molar-refractivity contribution in [3.63, 3.8) is 0 Å². The van der Waals surface area contributed by atoms with Crippen LogP contribution < -0.4 is 11.3 Å². The molecule has 2 N–H and O–H groups in total. The average Bonchev–Trinajstić information content (AvgIpc) is 2.24. The molecule has 0 saturated heterocycles. The van der Waals surface area contributed by atoms with E-state index in [1.165, 1.54) is 0 Å². The molecule has 2 aromatic heterocycles. The van der Waals surface area contributed by atoms with E-state index in [1.54, 1.807) is 35.0 Å². The van der Waals surface area contributed by atoms with Crippen molar-refractivity contribution < 1.29 is 0 Å². The second-order valence-electron chi connectivity index (χ2n) is 3.67. The van der Waals surface area contributed by atoms with Crippen LogP contribution in [0.1, 0.15) is 11.4 Å². The number of nitrogen functional groups attached to an aromatic ring is 1. The van der Waals surface area contributed by atoms with E-state index in [4.69, 9.17) is 5.73 Å². The Kier molecular flexibility index (Phi) is 2.72. The number of hydrogen-bond donors (Lipinski definition) is 1. The predicted octanol–water partition coefficient (Wildman–Crippen LogP) is 1.18. The van der Waals surface area contributed by atoms with Crippen molar-refractivity contribution in [2.45, 2.75) is 13.5 Å². The van der Waals surface area contributed by atoms with Crippen LogP contribution >= 0.6 is 0 Å². The largest absolute Gasteiger partial charge is 0.399 e. The maximum absolute atomic E-state index is 11.6. The molecular weight excluding hydrogens is 202 g/mol.